The van der Waals surface area contributed by atoms with Crippen molar-refractivity contribution in [2.24, 2.45) is 11.7 Å². The number of aryl methyl sites for hydroxylation is 2. The molecule has 1 aliphatic heterocycles. The number of likely N-dealkylation sites (tertiary alicyclic amines) is 1. The maximum Gasteiger partial charge on any atom is 0.246 e. The Labute approximate surface area is 142 Å². The van der Waals surface area contributed by atoms with Crippen molar-refractivity contribution in [1.82, 2.24) is 14.8 Å². The fraction of sp³-hybridized carbons (Fsp3) is 0.733. The number of carbonyl (C=O) groups is 1. The van der Waals surface area contributed by atoms with E-state index < -0.39 is 16.1 Å². The minimum Gasteiger partial charge on any atom is -0.360 e. The number of nitrogens with two attached hydrogens (primary N) is 1. The van der Waals surface area contributed by atoms with Gasteiger partial charge in [-0.2, -0.15) is 4.72 Å². The number of hydrogen-bond donors (Lipinski definition) is 2. The molecule has 0 radical (unpaired) electrons. The Morgan fingerprint density at radius 3 is 2.38 bits per heavy atom. The zero-order valence-electron chi connectivity index (χ0n) is 14.6. The van der Waals surface area contributed by atoms with Gasteiger partial charge < -0.3 is 15.2 Å². The van der Waals surface area contributed by atoms with Gasteiger partial charge in [0.15, 0.2) is 5.76 Å². The van der Waals surface area contributed by atoms with Crippen LogP contribution in [0.25, 0.3) is 0 Å². The smallest absolute Gasteiger partial charge is 0.246 e. The predicted molar refractivity (Wildman–Crippen MR) is 88.7 cm³/mol. The van der Waals surface area contributed by atoms with Crippen molar-refractivity contribution >= 4 is 15.9 Å². The highest BCUT2D eigenvalue weighted by atomic mass is 32.2. The summed E-state index contributed by atoms with van der Waals surface area (Å²) in [4.78, 5) is 14.2. The fourth-order valence-corrected chi connectivity index (χ4v) is 4.65. The number of aromatic nitrogens is 1. The molecular weight excluding hydrogens is 332 g/mol. The van der Waals surface area contributed by atoms with Crippen LogP contribution in [0.5, 0.6) is 0 Å². The van der Waals surface area contributed by atoms with Gasteiger partial charge in [-0.05, 0) is 46.5 Å². The Kier molecular flexibility index (Phi) is 5.67. The van der Waals surface area contributed by atoms with E-state index in [1.807, 2.05) is 6.92 Å². The van der Waals surface area contributed by atoms with Crippen molar-refractivity contribution in [1.29, 1.82) is 0 Å². The van der Waals surface area contributed by atoms with Crippen LogP contribution < -0.4 is 10.5 Å². The molecule has 2 unspecified atom stereocenters. The largest absolute Gasteiger partial charge is 0.360 e. The molecule has 1 fully saturated rings. The third-order valence-corrected chi connectivity index (χ3v) is 6.32. The summed E-state index contributed by atoms with van der Waals surface area (Å²) in [6.07, 6.45) is 1.68. The molecular formula is C15H26N4O4S. The summed E-state index contributed by atoms with van der Waals surface area (Å²) in [7, 11) is -3.86. The van der Waals surface area contributed by atoms with Gasteiger partial charge in [0.25, 0.3) is 0 Å². The molecule has 2 atom stereocenters. The van der Waals surface area contributed by atoms with Gasteiger partial charge in [-0.15, -0.1) is 0 Å². The molecule has 9 heteroatoms. The van der Waals surface area contributed by atoms with Gasteiger partial charge in [0.1, 0.15) is 10.6 Å². The van der Waals surface area contributed by atoms with Crippen molar-refractivity contribution in [3.8, 4) is 0 Å². The molecule has 1 aliphatic rings. The van der Waals surface area contributed by atoms with E-state index in [0.717, 1.165) is 12.8 Å². The van der Waals surface area contributed by atoms with E-state index in [9.17, 15) is 13.2 Å². The Balaban J connectivity index is 2.02. The van der Waals surface area contributed by atoms with E-state index in [4.69, 9.17) is 10.3 Å². The van der Waals surface area contributed by atoms with Gasteiger partial charge in [0, 0.05) is 19.1 Å². The lowest BCUT2D eigenvalue weighted by Gasteiger charge is -2.35. The summed E-state index contributed by atoms with van der Waals surface area (Å²) < 4.78 is 32.3. The molecule has 0 bridgehead atoms. The second kappa shape index (κ2) is 7.20. The first-order chi connectivity index (χ1) is 11.1. The van der Waals surface area contributed by atoms with E-state index >= 15 is 0 Å². The predicted octanol–water partition coefficient (Wildman–Crippen LogP) is 0.544. The number of hydrogen-bond acceptors (Lipinski definition) is 6. The minimum atomic E-state index is -3.86. The first-order valence-electron chi connectivity index (χ1n) is 8.13. The molecule has 0 saturated carbocycles. The molecule has 1 amide bonds. The maximum atomic E-state index is 12.5. The van der Waals surface area contributed by atoms with E-state index in [1.165, 1.54) is 6.92 Å². The zero-order chi connectivity index (χ0) is 18.1. The SMILES string of the molecule is Cc1noc(C)c1S(=O)(=O)NC(C)C(=O)N1CCC(C(C)N)CC1. The van der Waals surface area contributed by atoms with E-state index in [0.29, 0.717) is 19.0 Å². The lowest BCUT2D eigenvalue weighted by molar-refractivity contribution is -0.134. The number of sulfonamides is 1. The summed E-state index contributed by atoms with van der Waals surface area (Å²) in [6.45, 7) is 7.80. The van der Waals surface area contributed by atoms with E-state index in [1.54, 1.807) is 18.7 Å². The first-order valence-corrected chi connectivity index (χ1v) is 9.61. The van der Waals surface area contributed by atoms with Crippen LogP contribution in [0.2, 0.25) is 0 Å². The van der Waals surface area contributed by atoms with Gasteiger partial charge >= 0.3 is 0 Å². The fourth-order valence-electron chi connectivity index (χ4n) is 3.12. The summed E-state index contributed by atoms with van der Waals surface area (Å²) in [5.74, 6) is 0.384. The van der Waals surface area contributed by atoms with Gasteiger partial charge in [-0.3, -0.25) is 4.79 Å². The lowest BCUT2D eigenvalue weighted by Crippen LogP contribution is -2.50. The topological polar surface area (TPSA) is 119 Å². The van der Waals surface area contributed by atoms with Crippen LogP contribution in [0.4, 0.5) is 0 Å². The monoisotopic (exact) mass is 358 g/mol. The van der Waals surface area contributed by atoms with E-state index in [-0.39, 0.29) is 28.3 Å². The molecule has 1 aromatic rings. The van der Waals surface area contributed by atoms with Gasteiger partial charge in [-0.25, -0.2) is 8.42 Å². The van der Waals surface area contributed by atoms with Crippen molar-refractivity contribution in [2.75, 3.05) is 13.1 Å². The van der Waals surface area contributed by atoms with E-state index in [2.05, 4.69) is 9.88 Å². The molecule has 2 rings (SSSR count). The standard InChI is InChI=1S/C15H26N4O4S/c1-9(16)13-5-7-19(8-6-13)15(20)11(3)18-24(21,22)14-10(2)17-23-12(14)4/h9,11,13,18H,5-8,16H2,1-4H3. The van der Waals surface area contributed by atoms with Crippen molar-refractivity contribution < 1.29 is 17.7 Å². The van der Waals surface area contributed by atoms with Crippen LogP contribution in [0.15, 0.2) is 9.42 Å². The third-order valence-electron chi connectivity index (χ3n) is 4.53. The molecule has 0 spiro atoms. The van der Waals surface area contributed by atoms with Crippen LogP contribution in [0.1, 0.15) is 38.1 Å². The number of piperidine rings is 1. The van der Waals surface area contributed by atoms with Gasteiger partial charge in [0.2, 0.25) is 15.9 Å². The third kappa shape index (κ3) is 3.96. The zero-order valence-corrected chi connectivity index (χ0v) is 15.4. The molecule has 1 saturated heterocycles. The van der Waals surface area contributed by atoms with Crippen LogP contribution in [-0.2, 0) is 14.8 Å². The second-order valence-corrected chi connectivity index (χ2v) is 8.17. The number of carbonyl (C=O) groups excluding carboxylic acids is 1. The summed E-state index contributed by atoms with van der Waals surface area (Å²) in [5, 5.41) is 3.65. The summed E-state index contributed by atoms with van der Waals surface area (Å²) in [6, 6.07) is -0.742. The highest BCUT2D eigenvalue weighted by molar-refractivity contribution is 7.89. The quantitative estimate of drug-likeness (QED) is 0.793. The summed E-state index contributed by atoms with van der Waals surface area (Å²) in [5.41, 5.74) is 6.18. The average Bonchev–Trinajstić information content (AvgIpc) is 2.85. The maximum absolute atomic E-state index is 12.5. The Morgan fingerprint density at radius 1 is 1.33 bits per heavy atom. The number of nitrogens with one attached hydrogen (secondary N) is 1. The Morgan fingerprint density at radius 2 is 1.92 bits per heavy atom. The number of amides is 1. The molecule has 0 aromatic carbocycles. The van der Waals surface area contributed by atoms with Crippen LogP contribution >= 0.6 is 0 Å². The molecule has 136 valence electrons. The van der Waals surface area contributed by atoms with Crippen molar-refractivity contribution in [2.45, 2.75) is 57.5 Å². The second-order valence-electron chi connectivity index (χ2n) is 6.52. The number of nitrogens with zero attached hydrogens (tertiary/aromatic N) is 2. The van der Waals surface area contributed by atoms with Crippen molar-refractivity contribution in [3.63, 3.8) is 0 Å². The number of rotatable bonds is 5. The molecule has 3 N–H and O–H groups in total. The first kappa shape index (κ1) is 18.9. The Bertz CT molecular complexity index is 671. The van der Waals surface area contributed by atoms with Crippen LogP contribution in [0.3, 0.4) is 0 Å². The van der Waals surface area contributed by atoms with Crippen LogP contribution in [0, 0.1) is 19.8 Å². The molecule has 8 nitrogen and oxygen atoms in total. The normalized spacial score (nSPS) is 19.3. The van der Waals surface area contributed by atoms with Gasteiger partial charge in [0.05, 0.1) is 6.04 Å². The minimum absolute atomic E-state index is 0.00202. The molecule has 0 aliphatic carbocycles. The van der Waals surface area contributed by atoms with Crippen LogP contribution in [-0.4, -0.2) is 49.6 Å². The van der Waals surface area contributed by atoms with Crippen molar-refractivity contribution in [3.05, 3.63) is 11.5 Å². The average molecular weight is 358 g/mol. The highest BCUT2D eigenvalue weighted by Gasteiger charge is 2.32. The highest BCUT2D eigenvalue weighted by Crippen LogP contribution is 2.21. The summed E-state index contributed by atoms with van der Waals surface area (Å²) >= 11 is 0. The lowest BCUT2D eigenvalue weighted by atomic mass is 9.91. The van der Waals surface area contributed by atoms with Gasteiger partial charge in [-0.1, -0.05) is 5.16 Å². The molecule has 2 heterocycles. The molecule has 24 heavy (non-hydrogen) atoms. The molecule has 1 aromatic heterocycles. The Hall–Kier alpha value is -1.45.